The highest BCUT2D eigenvalue weighted by atomic mass is 32.1. The molecule has 1 heterocycles. The minimum absolute atomic E-state index is 0.135. The lowest BCUT2D eigenvalue weighted by Gasteiger charge is -2.07. The topological polar surface area (TPSA) is 85.1 Å². The number of rotatable bonds is 5. The van der Waals surface area contributed by atoms with Gasteiger partial charge >= 0.3 is 0 Å². The van der Waals surface area contributed by atoms with Gasteiger partial charge in [-0.2, -0.15) is 0 Å². The zero-order chi connectivity index (χ0) is 16.9. The molecule has 0 saturated heterocycles. The number of thiazole rings is 1. The van der Waals surface area contributed by atoms with E-state index in [4.69, 9.17) is 5.73 Å². The zero-order valence-corrected chi connectivity index (χ0v) is 13.5. The number of hydrogen-bond donors (Lipinski definition) is 2. The number of nitrogens with zero attached hydrogens (tertiary/aromatic N) is 1. The number of amides is 2. The summed E-state index contributed by atoms with van der Waals surface area (Å²) in [5.41, 5.74) is 7.72. The summed E-state index contributed by atoms with van der Waals surface area (Å²) in [6, 6.07) is 16.5. The van der Waals surface area contributed by atoms with Gasteiger partial charge in [-0.25, -0.2) is 4.98 Å². The molecule has 0 bridgehead atoms. The minimum Gasteiger partial charge on any atom is -0.366 e. The van der Waals surface area contributed by atoms with E-state index in [-0.39, 0.29) is 17.9 Å². The Morgan fingerprint density at radius 2 is 1.75 bits per heavy atom. The average Bonchev–Trinajstić information content (AvgIpc) is 3.04. The van der Waals surface area contributed by atoms with Gasteiger partial charge < -0.3 is 11.1 Å². The third-order valence-electron chi connectivity index (χ3n) is 3.38. The van der Waals surface area contributed by atoms with Crippen LogP contribution in [0.5, 0.6) is 0 Å². The average molecular weight is 337 g/mol. The van der Waals surface area contributed by atoms with Crippen molar-refractivity contribution in [1.29, 1.82) is 0 Å². The van der Waals surface area contributed by atoms with E-state index in [1.165, 1.54) is 11.3 Å². The minimum atomic E-state index is -0.578. The number of nitrogens with one attached hydrogen (secondary N) is 1. The number of hydrogen-bond acceptors (Lipinski definition) is 4. The second-order valence-corrected chi connectivity index (χ2v) is 6.00. The van der Waals surface area contributed by atoms with Crippen molar-refractivity contribution in [2.75, 3.05) is 5.32 Å². The molecule has 3 N–H and O–H groups in total. The van der Waals surface area contributed by atoms with E-state index in [2.05, 4.69) is 10.3 Å². The highest BCUT2D eigenvalue weighted by molar-refractivity contribution is 7.13. The van der Waals surface area contributed by atoms with Gasteiger partial charge in [-0.1, -0.05) is 42.5 Å². The van der Waals surface area contributed by atoms with Crippen molar-refractivity contribution >= 4 is 28.8 Å². The molecule has 0 radical (unpaired) electrons. The molecular formula is C18H15N3O2S. The second kappa shape index (κ2) is 7.06. The molecule has 2 amide bonds. The highest BCUT2D eigenvalue weighted by Crippen LogP contribution is 2.23. The van der Waals surface area contributed by atoms with Crippen molar-refractivity contribution in [2.45, 2.75) is 6.42 Å². The summed E-state index contributed by atoms with van der Waals surface area (Å²) >= 11 is 1.49. The Hall–Kier alpha value is -2.99. The fourth-order valence-electron chi connectivity index (χ4n) is 2.27. The van der Waals surface area contributed by atoms with Crippen LogP contribution in [0.2, 0.25) is 0 Å². The van der Waals surface area contributed by atoms with Gasteiger partial charge in [0, 0.05) is 10.9 Å². The molecule has 24 heavy (non-hydrogen) atoms. The molecular weight excluding hydrogens is 322 g/mol. The first kappa shape index (κ1) is 15.9. The summed E-state index contributed by atoms with van der Waals surface area (Å²) in [5.74, 6) is -0.820. The SMILES string of the molecule is NC(=O)c1ccccc1NC(=O)Cc1csc(-c2ccccc2)n1. The summed E-state index contributed by atoms with van der Waals surface area (Å²) in [5, 5.41) is 5.45. The first-order valence-corrected chi connectivity index (χ1v) is 8.20. The van der Waals surface area contributed by atoms with E-state index in [0.29, 0.717) is 11.4 Å². The molecule has 0 unspecified atom stereocenters. The number of nitrogens with two attached hydrogens (primary N) is 1. The van der Waals surface area contributed by atoms with E-state index in [1.54, 1.807) is 24.3 Å². The Morgan fingerprint density at radius 1 is 1.04 bits per heavy atom. The molecule has 0 aliphatic rings. The Kier molecular flexibility index (Phi) is 4.67. The van der Waals surface area contributed by atoms with Gasteiger partial charge in [-0.15, -0.1) is 11.3 Å². The van der Waals surface area contributed by atoms with E-state index in [9.17, 15) is 9.59 Å². The molecule has 0 aliphatic heterocycles. The van der Waals surface area contributed by atoms with Crippen molar-refractivity contribution < 1.29 is 9.59 Å². The smallest absolute Gasteiger partial charge is 0.250 e. The normalized spacial score (nSPS) is 10.3. The van der Waals surface area contributed by atoms with Crippen LogP contribution in [0.25, 0.3) is 10.6 Å². The predicted molar refractivity (Wildman–Crippen MR) is 94.8 cm³/mol. The monoisotopic (exact) mass is 337 g/mol. The van der Waals surface area contributed by atoms with E-state index in [0.717, 1.165) is 10.6 Å². The molecule has 3 aromatic rings. The third-order valence-corrected chi connectivity index (χ3v) is 4.32. The van der Waals surface area contributed by atoms with Crippen LogP contribution in [0.4, 0.5) is 5.69 Å². The molecule has 5 nitrogen and oxygen atoms in total. The van der Waals surface area contributed by atoms with E-state index in [1.807, 2.05) is 35.7 Å². The van der Waals surface area contributed by atoms with E-state index < -0.39 is 5.91 Å². The number of carbonyl (C=O) groups excluding carboxylic acids is 2. The third kappa shape index (κ3) is 3.67. The number of anilines is 1. The molecule has 2 aromatic carbocycles. The number of para-hydroxylation sites is 1. The highest BCUT2D eigenvalue weighted by Gasteiger charge is 2.12. The van der Waals surface area contributed by atoms with Crippen LogP contribution in [0, 0.1) is 0 Å². The summed E-state index contributed by atoms with van der Waals surface area (Å²) in [6.45, 7) is 0. The number of primary amides is 1. The lowest BCUT2D eigenvalue weighted by atomic mass is 10.1. The van der Waals surface area contributed by atoms with Gasteiger partial charge in [-0.3, -0.25) is 9.59 Å². The molecule has 6 heteroatoms. The van der Waals surface area contributed by atoms with Crippen LogP contribution in [-0.4, -0.2) is 16.8 Å². The second-order valence-electron chi connectivity index (χ2n) is 5.14. The first-order valence-electron chi connectivity index (χ1n) is 7.32. The molecule has 0 spiro atoms. The van der Waals surface area contributed by atoms with Gasteiger partial charge in [0.1, 0.15) is 5.01 Å². The quantitative estimate of drug-likeness (QED) is 0.750. The summed E-state index contributed by atoms with van der Waals surface area (Å²) < 4.78 is 0. The zero-order valence-electron chi connectivity index (χ0n) is 12.7. The Labute approximate surface area is 143 Å². The van der Waals surface area contributed by atoms with Crippen molar-refractivity contribution in [3.8, 4) is 10.6 Å². The molecule has 0 atom stereocenters. The number of aromatic nitrogens is 1. The molecule has 0 saturated carbocycles. The molecule has 0 aliphatic carbocycles. The maximum atomic E-state index is 12.2. The van der Waals surface area contributed by atoms with Crippen LogP contribution in [0.1, 0.15) is 16.1 Å². The van der Waals surface area contributed by atoms with Crippen LogP contribution in [0.15, 0.2) is 60.0 Å². The number of benzene rings is 2. The predicted octanol–water partition coefficient (Wildman–Crippen LogP) is 3.09. The molecule has 3 rings (SSSR count). The van der Waals surface area contributed by atoms with Crippen LogP contribution in [-0.2, 0) is 11.2 Å². The number of carbonyl (C=O) groups is 2. The standard InChI is InChI=1S/C18H15N3O2S/c19-17(23)14-8-4-5-9-15(14)21-16(22)10-13-11-24-18(20-13)12-6-2-1-3-7-12/h1-9,11H,10H2,(H2,19,23)(H,21,22). The van der Waals surface area contributed by atoms with Crippen LogP contribution < -0.4 is 11.1 Å². The van der Waals surface area contributed by atoms with Gasteiger partial charge in [0.2, 0.25) is 5.91 Å². The maximum absolute atomic E-state index is 12.2. The van der Waals surface area contributed by atoms with Crippen molar-refractivity contribution in [3.05, 3.63) is 71.2 Å². The van der Waals surface area contributed by atoms with Crippen molar-refractivity contribution in [2.24, 2.45) is 5.73 Å². The Bertz CT molecular complexity index is 875. The maximum Gasteiger partial charge on any atom is 0.250 e. The molecule has 120 valence electrons. The van der Waals surface area contributed by atoms with Crippen LogP contribution >= 0.6 is 11.3 Å². The Morgan fingerprint density at radius 3 is 2.50 bits per heavy atom. The first-order chi connectivity index (χ1) is 11.6. The molecule has 0 fully saturated rings. The van der Waals surface area contributed by atoms with Crippen molar-refractivity contribution in [3.63, 3.8) is 0 Å². The fourth-order valence-corrected chi connectivity index (χ4v) is 3.09. The van der Waals surface area contributed by atoms with Gasteiger partial charge in [-0.05, 0) is 12.1 Å². The van der Waals surface area contributed by atoms with E-state index >= 15 is 0 Å². The lowest BCUT2D eigenvalue weighted by molar-refractivity contribution is -0.115. The van der Waals surface area contributed by atoms with Crippen molar-refractivity contribution in [1.82, 2.24) is 4.98 Å². The van der Waals surface area contributed by atoms with Gasteiger partial charge in [0.05, 0.1) is 23.4 Å². The molecule has 1 aromatic heterocycles. The lowest BCUT2D eigenvalue weighted by Crippen LogP contribution is -2.19. The summed E-state index contributed by atoms with van der Waals surface area (Å²) in [4.78, 5) is 28.1. The summed E-state index contributed by atoms with van der Waals surface area (Å²) in [7, 11) is 0. The van der Waals surface area contributed by atoms with Gasteiger partial charge in [0.25, 0.3) is 5.91 Å². The summed E-state index contributed by atoms with van der Waals surface area (Å²) in [6.07, 6.45) is 0.135. The largest absolute Gasteiger partial charge is 0.366 e. The fraction of sp³-hybridized carbons (Fsp3) is 0.0556. The van der Waals surface area contributed by atoms with Gasteiger partial charge in [0.15, 0.2) is 0 Å². The van der Waals surface area contributed by atoms with Crippen LogP contribution in [0.3, 0.4) is 0 Å². The Balaban J connectivity index is 1.70.